The van der Waals surface area contributed by atoms with E-state index in [0.717, 1.165) is 12.8 Å². The summed E-state index contributed by atoms with van der Waals surface area (Å²) in [5, 5.41) is 8.67. The van der Waals surface area contributed by atoms with Gasteiger partial charge in [-0.05, 0) is 37.5 Å². The number of hydrogen-bond donors (Lipinski definition) is 0. The van der Waals surface area contributed by atoms with Gasteiger partial charge < -0.3 is 4.90 Å². The van der Waals surface area contributed by atoms with Crippen molar-refractivity contribution in [2.24, 2.45) is 17.8 Å². The molecule has 0 aromatic rings. The molecule has 2 unspecified atom stereocenters. The Bertz CT molecular complexity index is 344. The van der Waals surface area contributed by atoms with Crippen molar-refractivity contribution in [3.05, 3.63) is 0 Å². The number of hydrogen-bond acceptors (Lipinski definition) is 2. The standard InChI is InChI=1S/C14H20N2O/c15-8-3-9-16(10-6-7-10)14(17)13-11-4-1-2-5-12(11)13/h10-13H,1-7,9H2. The Hall–Kier alpha value is -1.04. The second kappa shape index (κ2) is 4.33. The van der Waals surface area contributed by atoms with Crippen LogP contribution in [0.1, 0.15) is 44.9 Å². The van der Waals surface area contributed by atoms with Gasteiger partial charge in [-0.1, -0.05) is 12.8 Å². The molecule has 0 aromatic heterocycles. The first-order valence-electron chi connectivity index (χ1n) is 7.00. The number of rotatable bonds is 4. The zero-order valence-electron chi connectivity index (χ0n) is 10.3. The highest BCUT2D eigenvalue weighted by Crippen LogP contribution is 2.56. The lowest BCUT2D eigenvalue weighted by Gasteiger charge is -2.21. The summed E-state index contributed by atoms with van der Waals surface area (Å²) in [6.07, 6.45) is 7.94. The molecule has 0 spiro atoms. The van der Waals surface area contributed by atoms with Gasteiger partial charge in [0, 0.05) is 18.5 Å². The summed E-state index contributed by atoms with van der Waals surface area (Å²) in [4.78, 5) is 14.5. The topological polar surface area (TPSA) is 44.1 Å². The van der Waals surface area contributed by atoms with Crippen LogP contribution in [0.15, 0.2) is 0 Å². The zero-order valence-corrected chi connectivity index (χ0v) is 10.3. The van der Waals surface area contributed by atoms with E-state index in [-0.39, 0.29) is 0 Å². The van der Waals surface area contributed by atoms with Crippen molar-refractivity contribution >= 4 is 5.91 Å². The summed E-state index contributed by atoms with van der Waals surface area (Å²) in [5.74, 6) is 2.09. The molecule has 3 aliphatic rings. The first kappa shape index (κ1) is 11.1. The number of nitrogens with zero attached hydrogens (tertiary/aromatic N) is 2. The summed E-state index contributed by atoms with van der Waals surface area (Å²) in [5.41, 5.74) is 0. The average Bonchev–Trinajstić information content (AvgIpc) is 3.23. The maximum atomic E-state index is 12.5. The lowest BCUT2D eigenvalue weighted by molar-refractivity contribution is -0.133. The van der Waals surface area contributed by atoms with Crippen LogP contribution >= 0.6 is 0 Å². The fourth-order valence-corrected chi connectivity index (χ4v) is 3.58. The SMILES string of the molecule is N#CCCN(C(=O)C1C2CCCCC21)C1CC1. The van der Waals surface area contributed by atoms with Gasteiger partial charge in [-0.3, -0.25) is 4.79 Å². The molecule has 92 valence electrons. The quantitative estimate of drug-likeness (QED) is 0.746. The van der Waals surface area contributed by atoms with E-state index >= 15 is 0 Å². The summed E-state index contributed by atoms with van der Waals surface area (Å²) in [6.45, 7) is 0.663. The van der Waals surface area contributed by atoms with E-state index in [1.165, 1.54) is 25.7 Å². The predicted molar refractivity (Wildman–Crippen MR) is 63.9 cm³/mol. The number of fused-ring (bicyclic) bond motifs is 1. The Morgan fingerprint density at radius 2 is 1.82 bits per heavy atom. The van der Waals surface area contributed by atoms with Crippen LogP contribution < -0.4 is 0 Å². The molecule has 3 rings (SSSR count). The van der Waals surface area contributed by atoms with Crippen LogP contribution in [0, 0.1) is 29.1 Å². The summed E-state index contributed by atoms with van der Waals surface area (Å²) in [6, 6.07) is 2.63. The predicted octanol–water partition coefficient (Wildman–Crippen LogP) is 2.33. The minimum absolute atomic E-state index is 0.330. The van der Waals surface area contributed by atoms with E-state index in [1.807, 2.05) is 4.90 Å². The molecule has 3 heteroatoms. The van der Waals surface area contributed by atoms with E-state index in [2.05, 4.69) is 6.07 Å². The van der Waals surface area contributed by atoms with E-state index < -0.39 is 0 Å². The lowest BCUT2D eigenvalue weighted by Crippen LogP contribution is -2.35. The van der Waals surface area contributed by atoms with Crippen LogP contribution in [0.2, 0.25) is 0 Å². The molecular formula is C14H20N2O. The highest BCUT2D eigenvalue weighted by Gasteiger charge is 2.56. The van der Waals surface area contributed by atoms with Crippen LogP contribution in [-0.2, 0) is 4.79 Å². The molecule has 0 aliphatic heterocycles. The molecular weight excluding hydrogens is 212 g/mol. The maximum absolute atomic E-state index is 12.5. The number of carbonyl (C=O) groups excluding carboxylic acids is 1. The van der Waals surface area contributed by atoms with Crippen molar-refractivity contribution in [3.8, 4) is 6.07 Å². The fraction of sp³-hybridized carbons (Fsp3) is 0.857. The van der Waals surface area contributed by atoms with Gasteiger partial charge in [-0.25, -0.2) is 0 Å². The Morgan fingerprint density at radius 1 is 1.18 bits per heavy atom. The molecule has 3 fully saturated rings. The van der Waals surface area contributed by atoms with Crippen LogP contribution in [0.25, 0.3) is 0 Å². The lowest BCUT2D eigenvalue weighted by atomic mass is 10.0. The second-order valence-electron chi connectivity index (χ2n) is 5.81. The van der Waals surface area contributed by atoms with Gasteiger partial charge in [0.15, 0.2) is 0 Å². The molecule has 0 heterocycles. The van der Waals surface area contributed by atoms with E-state index in [0.29, 0.717) is 42.7 Å². The first-order valence-corrected chi connectivity index (χ1v) is 7.00. The number of nitriles is 1. The van der Waals surface area contributed by atoms with Gasteiger partial charge in [0.1, 0.15) is 0 Å². The summed E-state index contributed by atoms with van der Waals surface area (Å²) >= 11 is 0. The zero-order chi connectivity index (χ0) is 11.8. The summed E-state index contributed by atoms with van der Waals surface area (Å²) in [7, 11) is 0. The molecule has 3 nitrogen and oxygen atoms in total. The third kappa shape index (κ3) is 2.06. The molecule has 3 saturated carbocycles. The highest BCUT2D eigenvalue weighted by molar-refractivity contribution is 5.83. The van der Waals surface area contributed by atoms with Gasteiger partial charge in [0.2, 0.25) is 5.91 Å². The molecule has 2 atom stereocenters. The average molecular weight is 232 g/mol. The third-order valence-corrected chi connectivity index (χ3v) is 4.68. The number of carbonyl (C=O) groups is 1. The van der Waals surface area contributed by atoms with Gasteiger partial charge in [0.05, 0.1) is 12.5 Å². The van der Waals surface area contributed by atoms with Crippen LogP contribution in [0.5, 0.6) is 0 Å². The van der Waals surface area contributed by atoms with Crippen molar-refractivity contribution in [2.75, 3.05) is 6.54 Å². The highest BCUT2D eigenvalue weighted by atomic mass is 16.2. The van der Waals surface area contributed by atoms with Crippen LogP contribution in [-0.4, -0.2) is 23.4 Å². The Labute approximate surface area is 103 Å². The van der Waals surface area contributed by atoms with E-state index in [4.69, 9.17) is 5.26 Å². The third-order valence-electron chi connectivity index (χ3n) is 4.68. The summed E-state index contributed by atoms with van der Waals surface area (Å²) < 4.78 is 0. The molecule has 0 radical (unpaired) electrons. The van der Waals surface area contributed by atoms with Gasteiger partial charge >= 0.3 is 0 Å². The molecule has 0 N–H and O–H groups in total. The van der Waals surface area contributed by atoms with Crippen molar-refractivity contribution in [2.45, 2.75) is 51.0 Å². The Morgan fingerprint density at radius 3 is 2.35 bits per heavy atom. The fourth-order valence-electron chi connectivity index (χ4n) is 3.58. The molecule has 0 bridgehead atoms. The van der Waals surface area contributed by atoms with Crippen molar-refractivity contribution < 1.29 is 4.79 Å². The minimum atomic E-state index is 0.330. The molecule has 17 heavy (non-hydrogen) atoms. The monoisotopic (exact) mass is 232 g/mol. The Kier molecular flexibility index (Phi) is 2.82. The number of amides is 1. The Balaban J connectivity index is 1.62. The van der Waals surface area contributed by atoms with Gasteiger partial charge in [-0.15, -0.1) is 0 Å². The van der Waals surface area contributed by atoms with Crippen LogP contribution in [0.3, 0.4) is 0 Å². The van der Waals surface area contributed by atoms with E-state index in [1.54, 1.807) is 0 Å². The van der Waals surface area contributed by atoms with Crippen molar-refractivity contribution in [1.82, 2.24) is 4.90 Å². The van der Waals surface area contributed by atoms with E-state index in [9.17, 15) is 4.79 Å². The largest absolute Gasteiger partial charge is 0.338 e. The smallest absolute Gasteiger partial charge is 0.226 e. The van der Waals surface area contributed by atoms with Crippen molar-refractivity contribution in [1.29, 1.82) is 5.26 Å². The molecule has 1 amide bonds. The molecule has 0 aromatic carbocycles. The first-order chi connectivity index (χ1) is 8.33. The van der Waals surface area contributed by atoms with Crippen molar-refractivity contribution in [3.63, 3.8) is 0 Å². The normalized spacial score (nSPS) is 34.6. The molecule has 3 aliphatic carbocycles. The minimum Gasteiger partial charge on any atom is -0.338 e. The maximum Gasteiger partial charge on any atom is 0.226 e. The van der Waals surface area contributed by atoms with Crippen LogP contribution in [0.4, 0.5) is 0 Å². The second-order valence-corrected chi connectivity index (χ2v) is 5.81. The van der Waals surface area contributed by atoms with Gasteiger partial charge in [0.25, 0.3) is 0 Å². The molecule has 0 saturated heterocycles. The van der Waals surface area contributed by atoms with Gasteiger partial charge in [-0.2, -0.15) is 5.26 Å².